The van der Waals surface area contributed by atoms with E-state index in [4.69, 9.17) is 10.6 Å². The Morgan fingerprint density at radius 2 is 1.94 bits per heavy atom. The maximum Gasteiger partial charge on any atom is 0.237 e. The third kappa shape index (κ3) is 4.13. The summed E-state index contributed by atoms with van der Waals surface area (Å²) in [6.07, 6.45) is 0.448. The molecule has 0 heterocycles. The Balaban J connectivity index is 2.82. The van der Waals surface area contributed by atoms with Crippen LogP contribution in [0.15, 0.2) is 30.3 Å². The Morgan fingerprint density at radius 3 is 2.44 bits per heavy atom. The zero-order chi connectivity index (χ0) is 13.5. The minimum Gasteiger partial charge on any atom is -0.382 e. The number of carbonyl (C=O) groups excluding carboxylic acids is 1. The average Bonchev–Trinajstić information content (AvgIpc) is 2.35. The van der Waals surface area contributed by atoms with Crippen molar-refractivity contribution in [3.05, 3.63) is 35.9 Å². The van der Waals surface area contributed by atoms with Crippen LogP contribution >= 0.6 is 0 Å². The van der Waals surface area contributed by atoms with Gasteiger partial charge in [-0.25, -0.2) is 5.84 Å². The quantitative estimate of drug-likeness (QED) is 0.478. The standard InChI is InChI=1S/C14H22N2O2/c1-11(2)9-14(17)16(15)13(10-18-3)12-7-5-4-6-8-12/h4-8,11,13H,9-10,15H2,1-3H3/t13-/m1/s1. The Kier molecular flexibility index (Phi) is 5.82. The topological polar surface area (TPSA) is 55.6 Å². The fourth-order valence-corrected chi connectivity index (χ4v) is 1.80. The maximum atomic E-state index is 12.0. The number of ether oxygens (including phenoxy) is 1. The maximum absolute atomic E-state index is 12.0. The lowest BCUT2D eigenvalue weighted by Gasteiger charge is -2.28. The van der Waals surface area contributed by atoms with Gasteiger partial charge in [0.2, 0.25) is 5.91 Å². The number of benzene rings is 1. The van der Waals surface area contributed by atoms with Crippen molar-refractivity contribution in [2.75, 3.05) is 13.7 Å². The van der Waals surface area contributed by atoms with E-state index in [1.807, 2.05) is 44.2 Å². The van der Waals surface area contributed by atoms with E-state index >= 15 is 0 Å². The molecule has 1 rings (SSSR count). The summed E-state index contributed by atoms with van der Waals surface area (Å²) in [4.78, 5) is 12.0. The zero-order valence-electron chi connectivity index (χ0n) is 11.3. The summed E-state index contributed by atoms with van der Waals surface area (Å²) >= 11 is 0. The van der Waals surface area contributed by atoms with E-state index in [0.29, 0.717) is 18.9 Å². The van der Waals surface area contributed by atoms with Crippen LogP contribution in [0.25, 0.3) is 0 Å². The largest absolute Gasteiger partial charge is 0.382 e. The first kappa shape index (κ1) is 14.7. The molecule has 0 aliphatic rings. The smallest absolute Gasteiger partial charge is 0.237 e. The van der Waals surface area contributed by atoms with Crippen molar-refractivity contribution in [1.82, 2.24) is 5.01 Å². The molecular weight excluding hydrogens is 228 g/mol. The van der Waals surface area contributed by atoms with Gasteiger partial charge >= 0.3 is 0 Å². The molecule has 0 spiro atoms. The normalized spacial score (nSPS) is 12.5. The number of amides is 1. The lowest BCUT2D eigenvalue weighted by molar-refractivity contribution is -0.136. The minimum atomic E-state index is -0.234. The summed E-state index contributed by atoms with van der Waals surface area (Å²) in [5, 5.41) is 1.29. The molecule has 1 aromatic carbocycles. The predicted octanol–water partition coefficient (Wildman–Crippen LogP) is 2.12. The van der Waals surface area contributed by atoms with Gasteiger partial charge in [0, 0.05) is 13.5 Å². The van der Waals surface area contributed by atoms with Gasteiger partial charge < -0.3 is 4.74 Å². The second-order valence-corrected chi connectivity index (χ2v) is 4.78. The lowest BCUT2D eigenvalue weighted by atomic mass is 10.1. The number of hydrogen-bond acceptors (Lipinski definition) is 3. The summed E-state index contributed by atoms with van der Waals surface area (Å²) in [7, 11) is 1.61. The summed E-state index contributed by atoms with van der Waals surface area (Å²) in [5.41, 5.74) is 0.985. The molecule has 2 N–H and O–H groups in total. The highest BCUT2D eigenvalue weighted by Gasteiger charge is 2.22. The molecule has 0 saturated carbocycles. The van der Waals surface area contributed by atoms with E-state index in [-0.39, 0.29) is 11.9 Å². The van der Waals surface area contributed by atoms with Crippen molar-refractivity contribution < 1.29 is 9.53 Å². The highest BCUT2D eigenvalue weighted by molar-refractivity contribution is 5.76. The fraction of sp³-hybridized carbons (Fsp3) is 0.500. The van der Waals surface area contributed by atoms with Gasteiger partial charge in [-0.05, 0) is 11.5 Å². The third-order valence-electron chi connectivity index (χ3n) is 2.72. The molecule has 0 aromatic heterocycles. The van der Waals surface area contributed by atoms with Crippen LogP contribution in [0.1, 0.15) is 31.9 Å². The highest BCUT2D eigenvalue weighted by atomic mass is 16.5. The summed E-state index contributed by atoms with van der Waals surface area (Å²) in [5.74, 6) is 6.17. The number of rotatable bonds is 6. The van der Waals surface area contributed by atoms with Gasteiger partial charge in [-0.2, -0.15) is 0 Å². The second kappa shape index (κ2) is 7.13. The van der Waals surface area contributed by atoms with Gasteiger partial charge in [-0.15, -0.1) is 0 Å². The molecule has 0 fully saturated rings. The molecule has 4 heteroatoms. The Labute approximate surface area is 109 Å². The number of methoxy groups -OCH3 is 1. The van der Waals surface area contributed by atoms with E-state index in [2.05, 4.69) is 0 Å². The van der Waals surface area contributed by atoms with Crippen molar-refractivity contribution in [2.45, 2.75) is 26.3 Å². The van der Waals surface area contributed by atoms with Crippen molar-refractivity contribution in [3.63, 3.8) is 0 Å². The molecule has 1 atom stereocenters. The molecular formula is C14H22N2O2. The summed E-state index contributed by atoms with van der Waals surface area (Å²) in [6.45, 7) is 4.39. The molecule has 1 aromatic rings. The van der Waals surface area contributed by atoms with Crippen LogP contribution in [-0.4, -0.2) is 24.6 Å². The first-order chi connectivity index (χ1) is 8.56. The molecule has 0 unspecified atom stereocenters. The van der Waals surface area contributed by atoms with Gasteiger partial charge in [0.05, 0.1) is 12.6 Å². The SMILES string of the molecule is COC[C@H](c1ccccc1)N(N)C(=O)CC(C)C. The lowest BCUT2D eigenvalue weighted by Crippen LogP contribution is -2.42. The van der Waals surface area contributed by atoms with Crippen LogP contribution in [0, 0.1) is 5.92 Å². The van der Waals surface area contributed by atoms with Crippen molar-refractivity contribution in [1.29, 1.82) is 0 Å². The Bertz CT molecular complexity index is 365. The van der Waals surface area contributed by atoms with Crippen molar-refractivity contribution in [3.8, 4) is 0 Å². The molecule has 0 aliphatic carbocycles. The van der Waals surface area contributed by atoms with Crippen LogP contribution in [0.4, 0.5) is 0 Å². The van der Waals surface area contributed by atoms with Gasteiger partial charge in [0.15, 0.2) is 0 Å². The number of carbonyl (C=O) groups is 1. The second-order valence-electron chi connectivity index (χ2n) is 4.78. The number of hydrogen-bond donors (Lipinski definition) is 1. The average molecular weight is 250 g/mol. The van der Waals surface area contributed by atoms with Crippen LogP contribution in [0.2, 0.25) is 0 Å². The number of nitrogens with zero attached hydrogens (tertiary/aromatic N) is 1. The van der Waals surface area contributed by atoms with E-state index in [9.17, 15) is 4.79 Å². The minimum absolute atomic E-state index is 0.0593. The van der Waals surface area contributed by atoms with Crippen LogP contribution < -0.4 is 5.84 Å². The van der Waals surface area contributed by atoms with Crippen LogP contribution in [0.3, 0.4) is 0 Å². The van der Waals surface area contributed by atoms with Crippen molar-refractivity contribution in [2.24, 2.45) is 11.8 Å². The first-order valence-corrected chi connectivity index (χ1v) is 6.17. The number of nitrogens with two attached hydrogens (primary N) is 1. The summed E-state index contributed by atoms with van der Waals surface area (Å²) < 4.78 is 5.16. The molecule has 4 nitrogen and oxygen atoms in total. The predicted molar refractivity (Wildman–Crippen MR) is 71.5 cm³/mol. The van der Waals surface area contributed by atoms with Gasteiger partial charge in [0.25, 0.3) is 0 Å². The van der Waals surface area contributed by atoms with Gasteiger partial charge in [-0.3, -0.25) is 9.80 Å². The molecule has 0 radical (unpaired) electrons. The van der Waals surface area contributed by atoms with Crippen LogP contribution in [-0.2, 0) is 9.53 Å². The monoisotopic (exact) mass is 250 g/mol. The van der Waals surface area contributed by atoms with E-state index in [0.717, 1.165) is 5.56 Å². The molecule has 1 amide bonds. The van der Waals surface area contributed by atoms with E-state index in [1.54, 1.807) is 7.11 Å². The third-order valence-corrected chi connectivity index (χ3v) is 2.72. The molecule has 0 aliphatic heterocycles. The van der Waals surface area contributed by atoms with E-state index < -0.39 is 0 Å². The Morgan fingerprint density at radius 1 is 1.33 bits per heavy atom. The molecule has 100 valence electrons. The van der Waals surface area contributed by atoms with Crippen LogP contribution in [0.5, 0.6) is 0 Å². The number of hydrazine groups is 1. The highest BCUT2D eigenvalue weighted by Crippen LogP contribution is 2.19. The van der Waals surface area contributed by atoms with Gasteiger partial charge in [-0.1, -0.05) is 44.2 Å². The van der Waals surface area contributed by atoms with Gasteiger partial charge in [0.1, 0.15) is 0 Å². The zero-order valence-corrected chi connectivity index (χ0v) is 11.3. The molecule has 18 heavy (non-hydrogen) atoms. The molecule has 0 bridgehead atoms. The van der Waals surface area contributed by atoms with E-state index in [1.165, 1.54) is 5.01 Å². The fourth-order valence-electron chi connectivity index (χ4n) is 1.80. The first-order valence-electron chi connectivity index (χ1n) is 6.17. The summed E-state index contributed by atoms with van der Waals surface area (Å²) in [6, 6.07) is 9.46. The Hall–Kier alpha value is -1.39. The molecule has 0 saturated heterocycles. The van der Waals surface area contributed by atoms with Crippen molar-refractivity contribution >= 4 is 5.91 Å².